The Morgan fingerprint density at radius 2 is 1.95 bits per heavy atom. The first-order chi connectivity index (χ1) is 9.86. The fraction of sp³-hybridized carbons (Fsp3) is 0.412. The second-order valence-corrected chi connectivity index (χ2v) is 7.89. The zero-order chi connectivity index (χ0) is 13.8. The fourth-order valence-electron chi connectivity index (χ4n) is 3.10. The molecule has 2 aromatic rings. The summed E-state index contributed by atoms with van der Waals surface area (Å²) in [6.07, 6.45) is 3.86. The Labute approximate surface area is 129 Å². The van der Waals surface area contributed by atoms with Gasteiger partial charge in [-0.2, -0.15) is 0 Å². The predicted molar refractivity (Wildman–Crippen MR) is 89.8 cm³/mol. The summed E-state index contributed by atoms with van der Waals surface area (Å²) in [6, 6.07) is 16.1. The molecular weight excluding hydrogens is 282 g/mol. The predicted octanol–water partition coefficient (Wildman–Crippen LogP) is 4.76. The number of thioether (sulfide) groups is 1. The van der Waals surface area contributed by atoms with E-state index >= 15 is 0 Å². The molecule has 20 heavy (non-hydrogen) atoms. The maximum absolute atomic E-state index is 3.52. The van der Waals surface area contributed by atoms with Gasteiger partial charge in [0.1, 0.15) is 0 Å². The molecule has 1 aliphatic carbocycles. The number of rotatable bonds is 4. The molecule has 1 aromatic heterocycles. The van der Waals surface area contributed by atoms with Crippen molar-refractivity contribution in [2.24, 2.45) is 0 Å². The van der Waals surface area contributed by atoms with Crippen LogP contribution in [0.5, 0.6) is 0 Å². The van der Waals surface area contributed by atoms with Crippen molar-refractivity contribution in [2.45, 2.75) is 40.7 Å². The first-order valence-corrected chi connectivity index (χ1v) is 9.05. The molecule has 0 spiro atoms. The third kappa shape index (κ3) is 3.27. The van der Waals surface area contributed by atoms with Crippen LogP contribution in [0.3, 0.4) is 0 Å². The minimum Gasteiger partial charge on any atom is -0.316 e. The van der Waals surface area contributed by atoms with Gasteiger partial charge in [0.25, 0.3) is 0 Å². The topological polar surface area (TPSA) is 12.0 Å². The van der Waals surface area contributed by atoms with E-state index in [1.807, 2.05) is 11.3 Å². The van der Waals surface area contributed by atoms with Crippen LogP contribution >= 0.6 is 23.1 Å². The second kappa shape index (κ2) is 6.79. The minimum absolute atomic E-state index is 0.641. The van der Waals surface area contributed by atoms with Crippen LogP contribution in [-0.4, -0.2) is 18.3 Å². The lowest BCUT2D eigenvalue weighted by molar-refractivity contribution is 0.369. The van der Waals surface area contributed by atoms with Gasteiger partial charge in [-0.3, -0.25) is 0 Å². The van der Waals surface area contributed by atoms with Crippen LogP contribution in [-0.2, 0) is 0 Å². The molecule has 1 heterocycles. The maximum Gasteiger partial charge on any atom is 0.0601 e. The molecule has 0 saturated heterocycles. The van der Waals surface area contributed by atoms with Gasteiger partial charge in [-0.25, -0.2) is 0 Å². The highest BCUT2D eigenvalue weighted by atomic mass is 32.2. The number of hydrogen-bond donors (Lipinski definition) is 1. The van der Waals surface area contributed by atoms with Crippen molar-refractivity contribution in [3.8, 4) is 0 Å². The van der Waals surface area contributed by atoms with E-state index in [0.29, 0.717) is 11.3 Å². The van der Waals surface area contributed by atoms with E-state index in [1.54, 1.807) is 0 Å². The Bertz CT molecular complexity index is 509. The Hall–Kier alpha value is -0.770. The van der Waals surface area contributed by atoms with E-state index in [9.17, 15) is 0 Å². The molecule has 0 amide bonds. The highest BCUT2D eigenvalue weighted by Crippen LogP contribution is 2.41. The molecule has 1 saturated carbocycles. The largest absolute Gasteiger partial charge is 0.316 e. The molecule has 0 bridgehead atoms. The van der Waals surface area contributed by atoms with Gasteiger partial charge in [0.15, 0.2) is 0 Å². The number of benzene rings is 1. The van der Waals surface area contributed by atoms with Crippen LogP contribution in [0.25, 0.3) is 0 Å². The molecule has 0 radical (unpaired) electrons. The second-order valence-electron chi connectivity index (χ2n) is 5.40. The van der Waals surface area contributed by atoms with Gasteiger partial charge in [0.2, 0.25) is 0 Å². The van der Waals surface area contributed by atoms with Gasteiger partial charge < -0.3 is 5.32 Å². The summed E-state index contributed by atoms with van der Waals surface area (Å²) in [7, 11) is 2.11. The summed E-state index contributed by atoms with van der Waals surface area (Å²) < 4.78 is 1.45. The Morgan fingerprint density at radius 1 is 1.10 bits per heavy atom. The molecule has 0 aliphatic heterocycles. The van der Waals surface area contributed by atoms with Crippen LogP contribution in [0, 0.1) is 0 Å². The summed E-state index contributed by atoms with van der Waals surface area (Å²) in [5.74, 6) is 0.721. The van der Waals surface area contributed by atoms with E-state index in [2.05, 4.69) is 72.0 Å². The standard InChI is InChI=1S/C17H21NS2/c1-18-15-10-9-14(13-6-3-2-4-7-13)12-16(15)20-17-8-5-11-19-17/h2-8,11,14-16,18H,9-10,12H2,1H3. The highest BCUT2D eigenvalue weighted by molar-refractivity contribution is 8.01. The normalized spacial score (nSPS) is 26.6. The van der Waals surface area contributed by atoms with Gasteiger partial charge in [-0.05, 0) is 49.2 Å². The van der Waals surface area contributed by atoms with E-state index in [-0.39, 0.29) is 0 Å². The summed E-state index contributed by atoms with van der Waals surface area (Å²) in [5.41, 5.74) is 1.51. The summed E-state index contributed by atoms with van der Waals surface area (Å²) >= 11 is 3.92. The van der Waals surface area contributed by atoms with Crippen molar-refractivity contribution in [3.05, 3.63) is 53.4 Å². The van der Waals surface area contributed by atoms with E-state index in [4.69, 9.17) is 0 Å². The lowest BCUT2D eigenvalue weighted by Gasteiger charge is -2.35. The average molecular weight is 303 g/mol. The molecule has 106 valence electrons. The van der Waals surface area contributed by atoms with Crippen LogP contribution < -0.4 is 5.32 Å². The summed E-state index contributed by atoms with van der Waals surface area (Å²) in [4.78, 5) is 0. The lowest BCUT2D eigenvalue weighted by atomic mass is 9.81. The molecule has 3 unspecified atom stereocenters. The maximum atomic E-state index is 3.52. The van der Waals surface area contributed by atoms with E-state index in [1.165, 1.54) is 29.0 Å². The molecule has 1 fully saturated rings. The minimum atomic E-state index is 0.641. The SMILES string of the molecule is CNC1CCC(c2ccccc2)CC1Sc1cccs1. The van der Waals surface area contributed by atoms with Gasteiger partial charge >= 0.3 is 0 Å². The van der Waals surface area contributed by atoms with Crippen LogP contribution in [0.15, 0.2) is 52.1 Å². The van der Waals surface area contributed by atoms with Gasteiger partial charge in [-0.1, -0.05) is 36.4 Å². The number of nitrogens with one attached hydrogen (secondary N) is 1. The molecule has 3 rings (SSSR count). The average Bonchev–Trinajstić information content (AvgIpc) is 3.01. The van der Waals surface area contributed by atoms with Crippen LogP contribution in [0.4, 0.5) is 0 Å². The fourth-order valence-corrected chi connectivity index (χ4v) is 5.53. The van der Waals surface area contributed by atoms with Crippen LogP contribution in [0.2, 0.25) is 0 Å². The summed E-state index contributed by atoms with van der Waals surface area (Å²) in [6.45, 7) is 0. The highest BCUT2D eigenvalue weighted by Gasteiger charge is 2.31. The first kappa shape index (κ1) is 14.2. The zero-order valence-electron chi connectivity index (χ0n) is 11.8. The molecule has 1 aliphatic rings. The Balaban J connectivity index is 1.72. The van der Waals surface area contributed by atoms with Crippen LogP contribution in [0.1, 0.15) is 30.7 Å². The third-order valence-electron chi connectivity index (χ3n) is 4.20. The zero-order valence-corrected chi connectivity index (χ0v) is 13.4. The molecule has 1 N–H and O–H groups in total. The van der Waals surface area contributed by atoms with E-state index in [0.717, 1.165) is 5.92 Å². The lowest BCUT2D eigenvalue weighted by Crippen LogP contribution is -2.40. The number of thiophene rings is 1. The van der Waals surface area contributed by atoms with Gasteiger partial charge in [-0.15, -0.1) is 23.1 Å². The monoisotopic (exact) mass is 303 g/mol. The molecule has 3 atom stereocenters. The molecular formula is C17H21NS2. The van der Waals surface area contributed by atoms with Crippen molar-refractivity contribution in [2.75, 3.05) is 7.05 Å². The van der Waals surface area contributed by atoms with Crippen molar-refractivity contribution in [1.29, 1.82) is 0 Å². The quantitative estimate of drug-likeness (QED) is 0.873. The molecule has 1 nitrogen and oxygen atoms in total. The third-order valence-corrected chi connectivity index (χ3v) is 6.63. The molecule has 3 heteroatoms. The van der Waals surface area contributed by atoms with Crippen molar-refractivity contribution < 1.29 is 0 Å². The van der Waals surface area contributed by atoms with Crippen molar-refractivity contribution >= 4 is 23.1 Å². The Morgan fingerprint density at radius 3 is 2.65 bits per heavy atom. The van der Waals surface area contributed by atoms with Gasteiger partial charge in [0, 0.05) is 11.3 Å². The van der Waals surface area contributed by atoms with Crippen molar-refractivity contribution in [3.63, 3.8) is 0 Å². The molecule has 1 aromatic carbocycles. The first-order valence-electron chi connectivity index (χ1n) is 7.29. The number of hydrogen-bond acceptors (Lipinski definition) is 3. The smallest absolute Gasteiger partial charge is 0.0601 e. The summed E-state index contributed by atoms with van der Waals surface area (Å²) in [5, 5.41) is 6.38. The van der Waals surface area contributed by atoms with Gasteiger partial charge in [0.05, 0.1) is 4.21 Å². The van der Waals surface area contributed by atoms with E-state index < -0.39 is 0 Å². The van der Waals surface area contributed by atoms with Crippen molar-refractivity contribution in [1.82, 2.24) is 5.32 Å². The Kier molecular flexibility index (Phi) is 4.81.